The van der Waals surface area contributed by atoms with E-state index in [4.69, 9.17) is 13.9 Å². The van der Waals surface area contributed by atoms with E-state index < -0.39 is 20.2 Å². The van der Waals surface area contributed by atoms with Gasteiger partial charge in [0.05, 0.1) is 0 Å². The molecule has 6 heteroatoms. The fraction of sp³-hybridized carbons (Fsp3) is 0.552. The molecule has 2 saturated heterocycles. The molecule has 2 heterocycles. The van der Waals surface area contributed by atoms with Crippen molar-refractivity contribution in [1.29, 1.82) is 0 Å². The summed E-state index contributed by atoms with van der Waals surface area (Å²) in [5.74, 6) is -0.162. The summed E-state index contributed by atoms with van der Waals surface area (Å²) >= 11 is 2.47. The van der Waals surface area contributed by atoms with Crippen LogP contribution >= 0.6 is 22.6 Å². The largest absolute Gasteiger partial charge is 0.458 e. The van der Waals surface area contributed by atoms with Gasteiger partial charge in [0.1, 0.15) is 12.4 Å². The Bertz CT molecular complexity index is 1030. The molecule has 4 nitrogen and oxygen atoms in total. The van der Waals surface area contributed by atoms with Gasteiger partial charge in [-0.3, -0.25) is 0 Å². The van der Waals surface area contributed by atoms with Crippen molar-refractivity contribution in [2.75, 3.05) is 0 Å². The van der Waals surface area contributed by atoms with Crippen molar-refractivity contribution in [3.05, 3.63) is 60.7 Å². The molecule has 0 bridgehead atoms. The van der Waals surface area contributed by atoms with E-state index in [0.717, 1.165) is 19.3 Å². The minimum atomic E-state index is -2.79. The van der Waals surface area contributed by atoms with Crippen molar-refractivity contribution in [3.8, 4) is 0 Å². The molecule has 3 fully saturated rings. The Kier molecular flexibility index (Phi) is 6.51. The van der Waals surface area contributed by atoms with Gasteiger partial charge in [0.25, 0.3) is 8.32 Å². The third kappa shape index (κ3) is 3.69. The standard InChI is InChI=1S/C29H37IO4Si/c1-20-19-24(33-29(20)26(31)32-25-23(30)17-12-18-28(25,29)5)34-35(27(2,3)4,21-13-8-6-9-14-21)22-15-10-7-11-16-22/h6-11,13-16,20,23-25H,12,17-19H2,1-5H3/t20-,23+,24-,25-,28+,29+/m1/s1. The van der Waals surface area contributed by atoms with Crippen molar-refractivity contribution in [2.45, 2.75) is 87.3 Å². The lowest BCUT2D eigenvalue weighted by atomic mass is 9.61. The first kappa shape index (κ1) is 25.4. The molecule has 1 saturated carbocycles. The SMILES string of the molecule is C[C@@H]1C[C@@H](O[Si](c2ccccc2)(c2ccccc2)C(C)(C)C)O[C@]12C(=O)O[C@@H]1[C@@H](I)CCC[C@@]12C. The van der Waals surface area contributed by atoms with E-state index in [-0.39, 0.29) is 28.4 Å². The van der Waals surface area contributed by atoms with Crippen LogP contribution in [0.3, 0.4) is 0 Å². The summed E-state index contributed by atoms with van der Waals surface area (Å²) < 4.78 is 20.6. The molecule has 0 amide bonds. The molecule has 0 aromatic heterocycles. The summed E-state index contributed by atoms with van der Waals surface area (Å²) in [6.07, 6.45) is 3.25. The fourth-order valence-corrected chi connectivity index (χ4v) is 13.1. The first-order valence-corrected chi connectivity index (χ1v) is 16.0. The predicted molar refractivity (Wildman–Crippen MR) is 150 cm³/mol. The Morgan fingerprint density at radius 1 is 1.03 bits per heavy atom. The number of hydrogen-bond acceptors (Lipinski definition) is 4. The van der Waals surface area contributed by atoms with Gasteiger partial charge in [-0.1, -0.05) is 124 Å². The quantitative estimate of drug-likeness (QED) is 0.197. The number of ether oxygens (including phenoxy) is 2. The second kappa shape index (κ2) is 8.96. The number of esters is 1. The van der Waals surface area contributed by atoms with Crippen molar-refractivity contribution < 1.29 is 18.7 Å². The molecule has 6 atom stereocenters. The Morgan fingerprint density at radius 2 is 1.60 bits per heavy atom. The van der Waals surface area contributed by atoms with Crippen molar-refractivity contribution in [2.24, 2.45) is 11.3 Å². The maximum Gasteiger partial charge on any atom is 0.339 e. The average Bonchev–Trinajstić information content (AvgIpc) is 3.28. The molecule has 0 unspecified atom stereocenters. The average molecular weight is 605 g/mol. The Morgan fingerprint density at radius 3 is 2.14 bits per heavy atom. The molecule has 0 radical (unpaired) electrons. The second-order valence-electron chi connectivity index (χ2n) is 11.9. The number of carbonyl (C=O) groups excluding carboxylic acids is 1. The Hall–Kier alpha value is -1.22. The van der Waals surface area contributed by atoms with Crippen LogP contribution in [0.4, 0.5) is 0 Å². The highest BCUT2D eigenvalue weighted by atomic mass is 127. The van der Waals surface area contributed by atoms with Crippen LogP contribution in [0.1, 0.15) is 60.3 Å². The van der Waals surface area contributed by atoms with E-state index in [9.17, 15) is 4.79 Å². The molecule has 0 N–H and O–H groups in total. The highest BCUT2D eigenvalue weighted by Crippen LogP contribution is 2.61. The van der Waals surface area contributed by atoms with Crippen LogP contribution in [-0.4, -0.2) is 36.2 Å². The molecule has 188 valence electrons. The zero-order chi connectivity index (χ0) is 25.1. The van der Waals surface area contributed by atoms with Gasteiger partial charge < -0.3 is 13.9 Å². The molecular formula is C29H37IO4Si. The molecule has 2 aromatic carbocycles. The maximum atomic E-state index is 13.6. The fourth-order valence-electron chi connectivity index (χ4n) is 7.13. The van der Waals surface area contributed by atoms with Crippen LogP contribution < -0.4 is 10.4 Å². The number of carbonyl (C=O) groups is 1. The van der Waals surface area contributed by atoms with Crippen LogP contribution in [0.5, 0.6) is 0 Å². The summed E-state index contributed by atoms with van der Waals surface area (Å²) in [6.45, 7) is 11.2. The van der Waals surface area contributed by atoms with Crippen LogP contribution in [-0.2, 0) is 18.7 Å². The zero-order valence-electron chi connectivity index (χ0n) is 21.4. The van der Waals surface area contributed by atoms with Gasteiger partial charge in [-0.05, 0) is 28.3 Å². The lowest BCUT2D eigenvalue weighted by Crippen LogP contribution is -2.68. The van der Waals surface area contributed by atoms with Crippen molar-refractivity contribution in [3.63, 3.8) is 0 Å². The van der Waals surface area contributed by atoms with E-state index in [1.54, 1.807) is 0 Å². The minimum absolute atomic E-state index is 0.0231. The van der Waals surface area contributed by atoms with Crippen LogP contribution in [0.15, 0.2) is 60.7 Å². The first-order valence-electron chi connectivity index (χ1n) is 12.9. The third-order valence-corrected chi connectivity index (χ3v) is 15.1. The monoisotopic (exact) mass is 604 g/mol. The van der Waals surface area contributed by atoms with Gasteiger partial charge >= 0.3 is 5.97 Å². The van der Waals surface area contributed by atoms with Crippen LogP contribution in [0.25, 0.3) is 0 Å². The summed E-state index contributed by atoms with van der Waals surface area (Å²) in [6, 6.07) is 21.3. The molecular weight excluding hydrogens is 567 g/mol. The molecule has 35 heavy (non-hydrogen) atoms. The molecule has 1 aliphatic carbocycles. The van der Waals surface area contributed by atoms with E-state index in [2.05, 4.69) is 118 Å². The summed E-state index contributed by atoms with van der Waals surface area (Å²) in [5.41, 5.74) is -1.28. The van der Waals surface area contributed by atoms with Gasteiger partial charge in [0.15, 0.2) is 5.60 Å². The summed E-state index contributed by atoms with van der Waals surface area (Å²) in [4.78, 5) is 13.6. The van der Waals surface area contributed by atoms with Gasteiger partial charge in [-0.2, -0.15) is 0 Å². The molecule has 5 rings (SSSR count). The van der Waals surface area contributed by atoms with Crippen molar-refractivity contribution >= 4 is 47.3 Å². The molecule has 1 spiro atoms. The van der Waals surface area contributed by atoms with Crippen LogP contribution in [0, 0.1) is 11.3 Å². The number of benzene rings is 2. The highest BCUT2D eigenvalue weighted by Gasteiger charge is 2.73. The maximum absolute atomic E-state index is 13.6. The van der Waals surface area contributed by atoms with E-state index >= 15 is 0 Å². The third-order valence-electron chi connectivity index (χ3n) is 8.80. The summed E-state index contributed by atoms with van der Waals surface area (Å²) in [5, 5.41) is 2.29. The lowest BCUT2D eigenvalue weighted by molar-refractivity contribution is -0.188. The number of halogens is 1. The Labute approximate surface area is 224 Å². The van der Waals surface area contributed by atoms with Gasteiger partial charge in [0, 0.05) is 21.7 Å². The number of hydrogen-bond donors (Lipinski definition) is 0. The van der Waals surface area contributed by atoms with Crippen LogP contribution in [0.2, 0.25) is 5.04 Å². The number of rotatable bonds is 4. The summed E-state index contributed by atoms with van der Waals surface area (Å²) in [7, 11) is -2.79. The molecule has 3 aliphatic rings. The highest BCUT2D eigenvalue weighted by molar-refractivity contribution is 14.1. The minimum Gasteiger partial charge on any atom is -0.458 e. The van der Waals surface area contributed by atoms with E-state index in [1.165, 1.54) is 10.4 Å². The predicted octanol–water partition coefficient (Wildman–Crippen LogP) is 5.60. The Balaban J connectivity index is 1.58. The van der Waals surface area contributed by atoms with E-state index in [0.29, 0.717) is 10.3 Å². The van der Waals surface area contributed by atoms with Gasteiger partial charge in [-0.15, -0.1) is 0 Å². The number of fused-ring (bicyclic) bond motifs is 2. The molecule has 2 aliphatic heterocycles. The molecule has 2 aromatic rings. The number of alkyl halides is 1. The lowest BCUT2D eigenvalue weighted by Gasteiger charge is -2.46. The smallest absolute Gasteiger partial charge is 0.339 e. The second-order valence-corrected chi connectivity index (χ2v) is 17.7. The normalized spacial score (nSPS) is 35.2. The van der Waals surface area contributed by atoms with Gasteiger partial charge in [-0.25, -0.2) is 4.79 Å². The first-order chi connectivity index (χ1) is 16.6. The van der Waals surface area contributed by atoms with Gasteiger partial charge in [0.2, 0.25) is 0 Å². The zero-order valence-corrected chi connectivity index (χ0v) is 24.6. The van der Waals surface area contributed by atoms with E-state index in [1.807, 2.05) is 0 Å². The topological polar surface area (TPSA) is 44.8 Å². The van der Waals surface area contributed by atoms with Crippen molar-refractivity contribution in [1.82, 2.24) is 0 Å².